The van der Waals surface area contributed by atoms with Gasteiger partial charge < -0.3 is 14.6 Å². The number of fused-ring (bicyclic) bond motifs is 2. The fourth-order valence-electron chi connectivity index (χ4n) is 4.04. The first kappa shape index (κ1) is 22.6. The fraction of sp³-hybridized carbons (Fsp3) is 0.280. The third-order valence-corrected chi connectivity index (χ3v) is 5.61. The van der Waals surface area contributed by atoms with Crippen LogP contribution in [0, 0.1) is 0 Å². The molecule has 0 amide bonds. The Kier molecular flexibility index (Phi) is 6.01. The highest BCUT2D eigenvalue weighted by atomic mass is 19.4. The van der Waals surface area contributed by atoms with Crippen molar-refractivity contribution in [1.29, 1.82) is 0 Å². The largest absolute Gasteiger partial charge is 0.506 e. The minimum Gasteiger partial charge on any atom is -0.506 e. The van der Waals surface area contributed by atoms with Gasteiger partial charge in [-0.3, -0.25) is 4.98 Å². The first-order valence-electron chi connectivity index (χ1n) is 10.5. The summed E-state index contributed by atoms with van der Waals surface area (Å²) in [5.41, 5.74) is 1.36. The van der Waals surface area contributed by atoms with Gasteiger partial charge in [0.25, 0.3) is 0 Å². The number of aryl methyl sites for hydroxylation is 1. The molecule has 0 aliphatic rings. The van der Waals surface area contributed by atoms with E-state index < -0.39 is 11.7 Å². The summed E-state index contributed by atoms with van der Waals surface area (Å²) >= 11 is 0. The number of halogens is 3. The zero-order chi connectivity index (χ0) is 23.8. The van der Waals surface area contributed by atoms with E-state index in [0.29, 0.717) is 23.6 Å². The summed E-state index contributed by atoms with van der Waals surface area (Å²) in [5, 5.41) is 11.9. The third kappa shape index (κ3) is 4.25. The van der Waals surface area contributed by atoms with Crippen molar-refractivity contribution in [1.82, 2.24) is 9.97 Å². The van der Waals surface area contributed by atoms with Crippen LogP contribution in [0.3, 0.4) is 0 Å². The Balaban J connectivity index is 1.85. The molecule has 4 aromatic rings. The highest BCUT2D eigenvalue weighted by molar-refractivity contribution is 5.91. The molecular weight excluding hydrogens is 433 g/mol. The molecule has 1 N–H and O–H groups in total. The molecule has 2 aromatic heterocycles. The molecule has 2 heterocycles. The molecule has 0 aliphatic carbocycles. The molecule has 2 aromatic carbocycles. The standard InChI is InChI=1S/C25H23F3N2O3/c1-4-5-20-18-12-23(33-3)22(32-2)11-17(18)14(13-29-20)10-15-6-7-16-19(25(26,27)28)8-9-21(31)24(16)30-15/h6-9,11-13,31H,4-5,10H2,1-3H3. The number of methoxy groups -OCH3 is 2. The molecule has 8 heteroatoms. The van der Waals surface area contributed by atoms with Gasteiger partial charge in [-0.05, 0) is 47.7 Å². The van der Waals surface area contributed by atoms with Crippen molar-refractivity contribution in [3.8, 4) is 17.2 Å². The lowest BCUT2D eigenvalue weighted by atomic mass is 9.98. The summed E-state index contributed by atoms with van der Waals surface area (Å²) in [4.78, 5) is 8.98. The predicted molar refractivity (Wildman–Crippen MR) is 120 cm³/mol. The molecule has 0 fully saturated rings. The van der Waals surface area contributed by atoms with E-state index in [-0.39, 0.29) is 16.7 Å². The van der Waals surface area contributed by atoms with E-state index in [0.717, 1.165) is 47.0 Å². The second kappa shape index (κ2) is 8.77. The number of rotatable bonds is 6. The van der Waals surface area contributed by atoms with Crippen LogP contribution in [0.4, 0.5) is 13.2 Å². The maximum atomic E-state index is 13.4. The lowest BCUT2D eigenvalue weighted by Gasteiger charge is -2.15. The van der Waals surface area contributed by atoms with E-state index in [2.05, 4.69) is 16.9 Å². The predicted octanol–water partition coefficient (Wildman–Crippen LogP) is 6.07. The Hall–Kier alpha value is -3.55. The van der Waals surface area contributed by atoms with Crippen molar-refractivity contribution < 1.29 is 27.8 Å². The fourth-order valence-corrected chi connectivity index (χ4v) is 4.04. The SMILES string of the molecule is CCCc1ncc(Cc2ccc3c(C(F)(F)F)ccc(O)c3n2)c2cc(OC)c(OC)cc12. The van der Waals surface area contributed by atoms with E-state index in [9.17, 15) is 18.3 Å². The minimum atomic E-state index is -4.54. The van der Waals surface area contributed by atoms with E-state index >= 15 is 0 Å². The van der Waals surface area contributed by atoms with Crippen molar-refractivity contribution in [2.45, 2.75) is 32.4 Å². The maximum absolute atomic E-state index is 13.4. The first-order chi connectivity index (χ1) is 15.8. The van der Waals surface area contributed by atoms with Crippen LogP contribution in [-0.2, 0) is 19.0 Å². The molecule has 4 rings (SSSR count). The van der Waals surface area contributed by atoms with Crippen LogP contribution < -0.4 is 9.47 Å². The Labute approximate surface area is 188 Å². The molecule has 5 nitrogen and oxygen atoms in total. The summed E-state index contributed by atoms with van der Waals surface area (Å²) in [6, 6.07) is 8.56. The van der Waals surface area contributed by atoms with Gasteiger partial charge in [-0.1, -0.05) is 19.4 Å². The van der Waals surface area contributed by atoms with Crippen LogP contribution in [0.25, 0.3) is 21.7 Å². The van der Waals surface area contributed by atoms with E-state index in [1.54, 1.807) is 26.5 Å². The highest BCUT2D eigenvalue weighted by Gasteiger charge is 2.33. The quantitative estimate of drug-likeness (QED) is 0.382. The smallest absolute Gasteiger partial charge is 0.417 e. The first-order valence-corrected chi connectivity index (χ1v) is 10.5. The number of benzene rings is 2. The molecule has 0 spiro atoms. The van der Waals surface area contributed by atoms with E-state index in [4.69, 9.17) is 9.47 Å². The van der Waals surface area contributed by atoms with Gasteiger partial charge in [0.05, 0.1) is 19.8 Å². The lowest BCUT2D eigenvalue weighted by molar-refractivity contribution is -0.136. The van der Waals surface area contributed by atoms with Gasteiger partial charge in [0.2, 0.25) is 0 Å². The molecule has 172 valence electrons. The van der Waals surface area contributed by atoms with Crippen molar-refractivity contribution in [2.75, 3.05) is 14.2 Å². The van der Waals surface area contributed by atoms with Crippen molar-refractivity contribution >= 4 is 21.7 Å². The summed E-state index contributed by atoms with van der Waals surface area (Å²) in [6.07, 6.45) is -0.758. The number of ether oxygens (including phenoxy) is 2. The number of hydrogen-bond acceptors (Lipinski definition) is 5. The molecule has 0 aliphatic heterocycles. The van der Waals surface area contributed by atoms with Crippen LogP contribution >= 0.6 is 0 Å². The van der Waals surface area contributed by atoms with Gasteiger partial charge in [-0.2, -0.15) is 13.2 Å². The zero-order valence-corrected chi connectivity index (χ0v) is 18.5. The number of pyridine rings is 2. The number of hydrogen-bond donors (Lipinski definition) is 1. The Morgan fingerprint density at radius 2 is 1.64 bits per heavy atom. The minimum absolute atomic E-state index is 0.0820. The topological polar surface area (TPSA) is 64.5 Å². The normalized spacial score (nSPS) is 11.8. The number of aromatic hydroxyl groups is 1. The summed E-state index contributed by atoms with van der Waals surface area (Å²) in [7, 11) is 3.13. The second-order valence-electron chi connectivity index (χ2n) is 7.74. The van der Waals surface area contributed by atoms with Gasteiger partial charge in [0.1, 0.15) is 11.3 Å². The Morgan fingerprint density at radius 3 is 2.27 bits per heavy atom. The van der Waals surface area contributed by atoms with Crippen molar-refractivity contribution in [2.24, 2.45) is 0 Å². The summed E-state index contributed by atoms with van der Waals surface area (Å²) in [5.74, 6) is 0.862. The summed E-state index contributed by atoms with van der Waals surface area (Å²) < 4.78 is 51.0. The van der Waals surface area contributed by atoms with Gasteiger partial charge in [0.15, 0.2) is 11.5 Å². The Morgan fingerprint density at radius 1 is 0.939 bits per heavy atom. The van der Waals surface area contributed by atoms with Crippen LogP contribution in [0.1, 0.15) is 35.9 Å². The number of nitrogens with zero attached hydrogens (tertiary/aromatic N) is 2. The molecule has 33 heavy (non-hydrogen) atoms. The van der Waals surface area contributed by atoms with Gasteiger partial charge in [0, 0.05) is 34.8 Å². The number of aromatic nitrogens is 2. The average Bonchev–Trinajstić information content (AvgIpc) is 2.79. The number of phenolic OH excluding ortho intramolecular Hbond substituents is 1. The molecule has 0 saturated carbocycles. The van der Waals surface area contributed by atoms with Crippen molar-refractivity contribution in [3.63, 3.8) is 0 Å². The van der Waals surface area contributed by atoms with Crippen LogP contribution in [0.2, 0.25) is 0 Å². The molecular formula is C25H23F3N2O3. The second-order valence-corrected chi connectivity index (χ2v) is 7.74. The summed E-state index contributed by atoms with van der Waals surface area (Å²) in [6.45, 7) is 2.07. The number of phenols is 1. The van der Waals surface area contributed by atoms with Gasteiger partial charge >= 0.3 is 6.18 Å². The van der Waals surface area contributed by atoms with Crippen LogP contribution in [0.15, 0.2) is 42.6 Å². The molecule has 0 unspecified atom stereocenters. The van der Waals surface area contributed by atoms with E-state index in [1.807, 2.05) is 12.1 Å². The molecule has 0 bridgehead atoms. The van der Waals surface area contributed by atoms with E-state index in [1.165, 1.54) is 6.07 Å². The molecule has 0 atom stereocenters. The highest BCUT2D eigenvalue weighted by Crippen LogP contribution is 2.38. The zero-order valence-electron chi connectivity index (χ0n) is 18.5. The lowest BCUT2D eigenvalue weighted by Crippen LogP contribution is -2.06. The molecule has 0 radical (unpaired) electrons. The average molecular weight is 456 g/mol. The third-order valence-electron chi connectivity index (χ3n) is 5.61. The monoisotopic (exact) mass is 456 g/mol. The number of alkyl halides is 3. The molecule has 0 saturated heterocycles. The van der Waals surface area contributed by atoms with Gasteiger partial charge in [-0.15, -0.1) is 0 Å². The Bertz CT molecular complexity index is 1340. The maximum Gasteiger partial charge on any atom is 0.417 e. The van der Waals surface area contributed by atoms with Crippen LogP contribution in [0.5, 0.6) is 17.2 Å². The van der Waals surface area contributed by atoms with Crippen molar-refractivity contribution in [3.05, 3.63) is 65.1 Å². The van der Waals surface area contributed by atoms with Crippen LogP contribution in [-0.4, -0.2) is 29.3 Å². The van der Waals surface area contributed by atoms with Gasteiger partial charge in [-0.25, -0.2) is 4.98 Å².